The van der Waals surface area contributed by atoms with Gasteiger partial charge in [-0.2, -0.15) is 11.8 Å². The molecule has 0 radical (unpaired) electrons. The molecule has 6 heteroatoms. The van der Waals surface area contributed by atoms with Crippen LogP contribution in [0.2, 0.25) is 0 Å². The SMILES string of the molecule is CC1(C)Cc2cccc(OCC(=O)N3CCS[C@H](c4cccs4)CC3)c2O1. The number of ether oxygens (including phenoxy) is 2. The Labute approximate surface area is 168 Å². The van der Waals surface area contributed by atoms with Crippen molar-refractivity contribution in [1.29, 1.82) is 0 Å². The fraction of sp³-hybridized carbons (Fsp3) is 0.476. The number of para-hydroxylation sites is 1. The van der Waals surface area contributed by atoms with Crippen molar-refractivity contribution in [1.82, 2.24) is 4.90 Å². The van der Waals surface area contributed by atoms with Gasteiger partial charge < -0.3 is 14.4 Å². The maximum Gasteiger partial charge on any atom is 0.260 e. The van der Waals surface area contributed by atoms with Gasteiger partial charge in [0.25, 0.3) is 5.91 Å². The van der Waals surface area contributed by atoms with Crippen LogP contribution in [0.5, 0.6) is 11.5 Å². The molecule has 1 aromatic heterocycles. The Bertz CT molecular complexity index is 804. The second-order valence-corrected chi connectivity index (χ2v) is 9.91. The van der Waals surface area contributed by atoms with Gasteiger partial charge in [-0.05, 0) is 37.8 Å². The summed E-state index contributed by atoms with van der Waals surface area (Å²) < 4.78 is 11.9. The van der Waals surface area contributed by atoms with E-state index < -0.39 is 0 Å². The van der Waals surface area contributed by atoms with Crippen LogP contribution in [-0.2, 0) is 11.2 Å². The molecule has 0 aliphatic carbocycles. The van der Waals surface area contributed by atoms with Gasteiger partial charge in [-0.3, -0.25) is 4.79 Å². The molecule has 0 N–H and O–H groups in total. The van der Waals surface area contributed by atoms with Gasteiger partial charge in [-0.15, -0.1) is 11.3 Å². The van der Waals surface area contributed by atoms with Crippen molar-refractivity contribution in [3.63, 3.8) is 0 Å². The lowest BCUT2D eigenvalue weighted by Gasteiger charge is -2.21. The molecule has 2 aliphatic rings. The summed E-state index contributed by atoms with van der Waals surface area (Å²) in [5.74, 6) is 2.48. The zero-order chi connectivity index (χ0) is 18.9. The van der Waals surface area contributed by atoms with Gasteiger partial charge in [0.2, 0.25) is 0 Å². The summed E-state index contributed by atoms with van der Waals surface area (Å²) in [6.45, 7) is 5.77. The Morgan fingerprint density at radius 3 is 3.00 bits per heavy atom. The van der Waals surface area contributed by atoms with E-state index in [2.05, 4.69) is 37.4 Å². The summed E-state index contributed by atoms with van der Waals surface area (Å²) >= 11 is 3.75. The first-order chi connectivity index (χ1) is 13.0. The number of amides is 1. The number of nitrogens with zero attached hydrogens (tertiary/aromatic N) is 1. The Morgan fingerprint density at radius 2 is 2.19 bits per heavy atom. The number of carbonyl (C=O) groups excluding carboxylic acids is 1. The molecule has 4 nitrogen and oxygen atoms in total. The molecule has 2 aliphatic heterocycles. The third-order valence-electron chi connectivity index (χ3n) is 4.96. The lowest BCUT2D eigenvalue weighted by molar-refractivity contribution is -0.133. The number of fused-ring (bicyclic) bond motifs is 1. The number of hydrogen-bond acceptors (Lipinski definition) is 5. The van der Waals surface area contributed by atoms with Gasteiger partial charge >= 0.3 is 0 Å². The van der Waals surface area contributed by atoms with Crippen LogP contribution < -0.4 is 9.47 Å². The van der Waals surface area contributed by atoms with Gasteiger partial charge in [0.15, 0.2) is 18.1 Å². The third kappa shape index (κ3) is 4.27. The Balaban J connectivity index is 1.35. The summed E-state index contributed by atoms with van der Waals surface area (Å²) in [5.41, 5.74) is 0.930. The van der Waals surface area contributed by atoms with Crippen LogP contribution >= 0.6 is 23.1 Å². The molecule has 2 aromatic rings. The van der Waals surface area contributed by atoms with Crippen LogP contribution in [0, 0.1) is 0 Å². The molecule has 1 aromatic carbocycles. The van der Waals surface area contributed by atoms with Crippen molar-refractivity contribution in [3.8, 4) is 11.5 Å². The molecule has 0 unspecified atom stereocenters. The van der Waals surface area contributed by atoms with Crippen molar-refractivity contribution >= 4 is 29.0 Å². The minimum Gasteiger partial charge on any atom is -0.483 e. The first-order valence-electron chi connectivity index (χ1n) is 9.38. The molecular formula is C21H25NO3S2. The standard InChI is InChI=1S/C21H25NO3S2/c1-21(2)13-15-5-3-6-16(20(15)25-21)24-14-19(23)22-9-8-18(27-12-10-22)17-7-4-11-26-17/h3-7,11,18H,8-10,12-14H2,1-2H3/t18-/m0/s1. The van der Waals surface area contributed by atoms with Gasteiger partial charge in [0, 0.05) is 41.0 Å². The van der Waals surface area contributed by atoms with Crippen molar-refractivity contribution < 1.29 is 14.3 Å². The maximum absolute atomic E-state index is 12.7. The first-order valence-corrected chi connectivity index (χ1v) is 11.3. The van der Waals surface area contributed by atoms with E-state index in [1.165, 1.54) is 4.88 Å². The lowest BCUT2D eigenvalue weighted by atomic mass is 10.0. The average Bonchev–Trinajstić information content (AvgIpc) is 3.19. The molecule has 4 rings (SSSR count). The zero-order valence-electron chi connectivity index (χ0n) is 15.8. The van der Waals surface area contributed by atoms with E-state index in [4.69, 9.17) is 9.47 Å². The number of thioether (sulfide) groups is 1. The minimum atomic E-state index is -0.218. The van der Waals surface area contributed by atoms with E-state index in [9.17, 15) is 4.79 Å². The van der Waals surface area contributed by atoms with Crippen molar-refractivity contribution in [2.24, 2.45) is 0 Å². The second-order valence-electron chi connectivity index (χ2n) is 7.62. The van der Waals surface area contributed by atoms with E-state index in [0.29, 0.717) is 11.0 Å². The maximum atomic E-state index is 12.7. The molecular weight excluding hydrogens is 378 g/mol. The monoisotopic (exact) mass is 403 g/mol. The van der Waals surface area contributed by atoms with Crippen LogP contribution in [-0.4, -0.2) is 41.9 Å². The topological polar surface area (TPSA) is 38.8 Å². The van der Waals surface area contributed by atoms with Crippen molar-refractivity contribution in [3.05, 3.63) is 46.2 Å². The highest BCUT2D eigenvalue weighted by atomic mass is 32.2. The highest BCUT2D eigenvalue weighted by molar-refractivity contribution is 7.99. The number of carbonyl (C=O) groups is 1. The Kier molecular flexibility index (Phi) is 5.37. The Morgan fingerprint density at radius 1 is 1.30 bits per heavy atom. The first kappa shape index (κ1) is 18.7. The van der Waals surface area contributed by atoms with Crippen molar-refractivity contribution in [2.45, 2.75) is 37.5 Å². The number of hydrogen-bond donors (Lipinski definition) is 0. The zero-order valence-corrected chi connectivity index (χ0v) is 17.4. The van der Waals surface area contributed by atoms with Crippen molar-refractivity contribution in [2.75, 3.05) is 25.4 Å². The number of rotatable bonds is 4. The predicted molar refractivity (Wildman–Crippen MR) is 111 cm³/mol. The quantitative estimate of drug-likeness (QED) is 0.751. The summed E-state index contributed by atoms with van der Waals surface area (Å²) in [5, 5.41) is 2.62. The number of thiophene rings is 1. The predicted octanol–water partition coefficient (Wildman–Crippen LogP) is 4.55. The fourth-order valence-corrected chi connectivity index (χ4v) is 5.89. The summed E-state index contributed by atoms with van der Waals surface area (Å²) in [4.78, 5) is 16.0. The van der Waals surface area contributed by atoms with E-state index in [1.54, 1.807) is 11.3 Å². The highest BCUT2D eigenvalue weighted by Crippen LogP contribution is 2.42. The fourth-order valence-electron chi connectivity index (χ4n) is 3.65. The molecule has 1 amide bonds. The smallest absolute Gasteiger partial charge is 0.260 e. The molecule has 0 saturated carbocycles. The molecule has 3 heterocycles. The van der Waals surface area contributed by atoms with Gasteiger partial charge in [0.1, 0.15) is 5.60 Å². The summed E-state index contributed by atoms with van der Waals surface area (Å²) in [6.07, 6.45) is 1.86. The van der Waals surface area contributed by atoms with E-state index >= 15 is 0 Å². The van der Waals surface area contributed by atoms with Crippen LogP contribution in [0.1, 0.15) is 36.0 Å². The van der Waals surface area contributed by atoms with Crippen LogP contribution in [0.4, 0.5) is 0 Å². The minimum absolute atomic E-state index is 0.0530. The lowest BCUT2D eigenvalue weighted by Crippen LogP contribution is -2.36. The van der Waals surface area contributed by atoms with Gasteiger partial charge in [-0.25, -0.2) is 0 Å². The third-order valence-corrected chi connectivity index (χ3v) is 7.41. The van der Waals surface area contributed by atoms with E-state index in [1.807, 2.05) is 28.8 Å². The molecule has 27 heavy (non-hydrogen) atoms. The largest absolute Gasteiger partial charge is 0.483 e. The molecule has 1 saturated heterocycles. The van der Waals surface area contributed by atoms with Crippen LogP contribution in [0.25, 0.3) is 0 Å². The molecule has 1 fully saturated rings. The molecule has 144 valence electrons. The summed E-state index contributed by atoms with van der Waals surface area (Å²) in [7, 11) is 0. The van der Waals surface area contributed by atoms with E-state index in [-0.39, 0.29) is 18.1 Å². The number of benzene rings is 1. The normalized spacial score (nSPS) is 21.3. The van der Waals surface area contributed by atoms with Crippen LogP contribution in [0.3, 0.4) is 0 Å². The van der Waals surface area contributed by atoms with Crippen LogP contribution in [0.15, 0.2) is 35.7 Å². The van der Waals surface area contributed by atoms with Gasteiger partial charge in [0.05, 0.1) is 0 Å². The molecule has 0 bridgehead atoms. The summed E-state index contributed by atoms with van der Waals surface area (Å²) in [6, 6.07) is 10.2. The molecule has 1 atom stereocenters. The second kappa shape index (κ2) is 7.76. The molecule has 0 spiro atoms. The average molecular weight is 404 g/mol. The van der Waals surface area contributed by atoms with E-state index in [0.717, 1.165) is 43.0 Å². The Hall–Kier alpha value is -1.66. The van der Waals surface area contributed by atoms with Gasteiger partial charge in [-0.1, -0.05) is 18.2 Å². The highest BCUT2D eigenvalue weighted by Gasteiger charge is 2.32.